The fourth-order valence-electron chi connectivity index (χ4n) is 1.71. The second-order valence-electron chi connectivity index (χ2n) is 4.47. The molecule has 0 spiro atoms. The molecule has 0 fully saturated rings. The van der Waals surface area contributed by atoms with Crippen LogP contribution in [0.3, 0.4) is 0 Å². The minimum atomic E-state index is -0.578. The molecule has 0 aliphatic rings. The minimum Gasteiger partial charge on any atom is -0.496 e. The van der Waals surface area contributed by atoms with Gasteiger partial charge in [-0.15, -0.1) is 11.6 Å². The molecule has 0 bridgehead atoms. The highest BCUT2D eigenvalue weighted by molar-refractivity contribution is 6.18. The normalized spacial score (nSPS) is 12.0. The molecular formula is C14H19ClFNO2. The lowest BCUT2D eigenvalue weighted by molar-refractivity contribution is 0.0945. The van der Waals surface area contributed by atoms with E-state index in [1.165, 1.54) is 19.2 Å². The average molecular weight is 288 g/mol. The molecule has 1 amide bonds. The lowest BCUT2D eigenvalue weighted by atomic mass is 10.1. The monoisotopic (exact) mass is 287 g/mol. The molecule has 1 unspecified atom stereocenters. The number of carbonyl (C=O) groups excluding carboxylic acids is 1. The van der Waals surface area contributed by atoms with Crippen molar-refractivity contribution in [2.45, 2.75) is 19.8 Å². The van der Waals surface area contributed by atoms with Gasteiger partial charge >= 0.3 is 0 Å². The van der Waals surface area contributed by atoms with Crippen LogP contribution in [-0.2, 0) is 0 Å². The van der Waals surface area contributed by atoms with Crippen molar-refractivity contribution in [3.8, 4) is 5.75 Å². The van der Waals surface area contributed by atoms with E-state index in [4.69, 9.17) is 16.3 Å². The maximum Gasteiger partial charge on any atom is 0.258 e. The Hall–Kier alpha value is -1.29. The molecule has 0 radical (unpaired) electrons. The predicted octanol–water partition coefficient (Wildman–Crippen LogP) is 3.22. The molecule has 1 atom stereocenters. The first-order chi connectivity index (χ1) is 9.10. The number of hydrogen-bond donors (Lipinski definition) is 1. The topological polar surface area (TPSA) is 38.3 Å². The summed E-state index contributed by atoms with van der Waals surface area (Å²) in [5, 5.41) is 2.69. The zero-order valence-electron chi connectivity index (χ0n) is 11.2. The number of amides is 1. The first-order valence-corrected chi connectivity index (χ1v) is 6.80. The minimum absolute atomic E-state index is 0.0459. The van der Waals surface area contributed by atoms with E-state index in [2.05, 4.69) is 12.2 Å². The fraction of sp³-hybridized carbons (Fsp3) is 0.500. The van der Waals surface area contributed by atoms with E-state index in [0.717, 1.165) is 12.8 Å². The molecule has 0 aromatic heterocycles. The van der Waals surface area contributed by atoms with Crippen molar-refractivity contribution in [3.63, 3.8) is 0 Å². The molecule has 106 valence electrons. The number of alkyl halides is 1. The van der Waals surface area contributed by atoms with Gasteiger partial charge in [-0.3, -0.25) is 4.79 Å². The van der Waals surface area contributed by atoms with E-state index in [-0.39, 0.29) is 11.3 Å². The highest BCUT2D eigenvalue weighted by Gasteiger charge is 2.16. The average Bonchev–Trinajstić information content (AvgIpc) is 2.42. The van der Waals surface area contributed by atoms with E-state index in [1.807, 2.05) is 0 Å². The summed E-state index contributed by atoms with van der Waals surface area (Å²) < 4.78 is 18.6. The van der Waals surface area contributed by atoms with Crippen LogP contribution in [0.15, 0.2) is 18.2 Å². The number of rotatable bonds is 7. The number of ether oxygens (including phenoxy) is 1. The molecule has 0 heterocycles. The lowest BCUT2D eigenvalue weighted by Gasteiger charge is -2.11. The number of nitrogens with one attached hydrogen (secondary N) is 1. The number of methoxy groups -OCH3 is 1. The molecule has 1 aromatic rings. The van der Waals surface area contributed by atoms with Gasteiger partial charge in [-0.25, -0.2) is 4.39 Å². The van der Waals surface area contributed by atoms with E-state index in [1.54, 1.807) is 6.07 Å². The van der Waals surface area contributed by atoms with Crippen molar-refractivity contribution in [2.75, 3.05) is 19.5 Å². The summed E-state index contributed by atoms with van der Waals surface area (Å²) in [4.78, 5) is 11.9. The third-order valence-electron chi connectivity index (χ3n) is 2.85. The second-order valence-corrected chi connectivity index (χ2v) is 4.78. The fourth-order valence-corrected chi connectivity index (χ4v) is 1.87. The number of halogens is 2. The Morgan fingerprint density at radius 3 is 2.89 bits per heavy atom. The highest BCUT2D eigenvalue weighted by atomic mass is 35.5. The van der Waals surface area contributed by atoms with Crippen LogP contribution in [0.1, 0.15) is 30.1 Å². The summed E-state index contributed by atoms with van der Waals surface area (Å²) in [6.45, 7) is 2.55. The van der Waals surface area contributed by atoms with Gasteiger partial charge in [-0.2, -0.15) is 0 Å². The third kappa shape index (κ3) is 4.71. The Labute approximate surface area is 118 Å². The van der Waals surface area contributed by atoms with Crippen molar-refractivity contribution in [1.29, 1.82) is 0 Å². The van der Waals surface area contributed by atoms with Gasteiger partial charge in [-0.1, -0.05) is 13.0 Å². The Morgan fingerprint density at radius 1 is 1.53 bits per heavy atom. The van der Waals surface area contributed by atoms with Crippen LogP contribution in [-0.4, -0.2) is 25.4 Å². The highest BCUT2D eigenvalue weighted by Crippen LogP contribution is 2.20. The first-order valence-electron chi connectivity index (χ1n) is 6.26. The smallest absolute Gasteiger partial charge is 0.258 e. The molecule has 1 N–H and O–H groups in total. The standard InChI is InChI=1S/C14H19ClFNO2/c1-10(9-15)5-4-8-17-14(18)13-11(16)6-3-7-12(13)19-2/h3,6-7,10H,4-5,8-9H2,1-2H3,(H,17,18). The summed E-state index contributed by atoms with van der Waals surface area (Å²) in [7, 11) is 1.41. The number of benzene rings is 1. The van der Waals surface area contributed by atoms with Crippen LogP contribution in [0.4, 0.5) is 4.39 Å². The molecule has 0 saturated heterocycles. The van der Waals surface area contributed by atoms with E-state index in [0.29, 0.717) is 18.3 Å². The van der Waals surface area contributed by atoms with E-state index < -0.39 is 11.7 Å². The van der Waals surface area contributed by atoms with Crippen molar-refractivity contribution < 1.29 is 13.9 Å². The van der Waals surface area contributed by atoms with Crippen molar-refractivity contribution in [1.82, 2.24) is 5.32 Å². The number of carbonyl (C=O) groups is 1. The molecule has 1 aromatic carbocycles. The summed E-state index contributed by atoms with van der Waals surface area (Å²) >= 11 is 5.70. The Balaban J connectivity index is 2.54. The molecule has 5 heteroatoms. The zero-order chi connectivity index (χ0) is 14.3. The lowest BCUT2D eigenvalue weighted by Crippen LogP contribution is -2.26. The summed E-state index contributed by atoms with van der Waals surface area (Å²) in [5.41, 5.74) is -0.0459. The van der Waals surface area contributed by atoms with Crippen molar-refractivity contribution >= 4 is 17.5 Å². The summed E-state index contributed by atoms with van der Waals surface area (Å²) in [5.74, 6) is 0.238. The van der Waals surface area contributed by atoms with E-state index >= 15 is 0 Å². The molecule has 3 nitrogen and oxygen atoms in total. The van der Waals surface area contributed by atoms with E-state index in [9.17, 15) is 9.18 Å². The van der Waals surface area contributed by atoms with Gasteiger partial charge in [0.2, 0.25) is 0 Å². The van der Waals surface area contributed by atoms with Crippen molar-refractivity contribution in [3.05, 3.63) is 29.6 Å². The van der Waals surface area contributed by atoms with Crippen LogP contribution in [0.25, 0.3) is 0 Å². The predicted molar refractivity (Wildman–Crippen MR) is 74.4 cm³/mol. The molecule has 0 saturated carbocycles. The molecule has 0 aliphatic heterocycles. The van der Waals surface area contributed by atoms with Crippen LogP contribution >= 0.6 is 11.6 Å². The SMILES string of the molecule is COc1cccc(F)c1C(=O)NCCCC(C)CCl. The zero-order valence-corrected chi connectivity index (χ0v) is 12.0. The van der Waals surface area contributed by atoms with Crippen LogP contribution in [0.5, 0.6) is 5.75 Å². The van der Waals surface area contributed by atoms with Crippen LogP contribution in [0.2, 0.25) is 0 Å². The van der Waals surface area contributed by atoms with Gasteiger partial charge in [0.1, 0.15) is 17.1 Å². The van der Waals surface area contributed by atoms with Crippen LogP contribution in [0, 0.1) is 11.7 Å². The largest absolute Gasteiger partial charge is 0.496 e. The van der Waals surface area contributed by atoms with Gasteiger partial charge in [0, 0.05) is 12.4 Å². The summed E-state index contributed by atoms with van der Waals surface area (Å²) in [6.07, 6.45) is 1.74. The third-order valence-corrected chi connectivity index (χ3v) is 3.37. The molecule has 0 aliphatic carbocycles. The van der Waals surface area contributed by atoms with Gasteiger partial charge in [0.25, 0.3) is 5.91 Å². The maximum absolute atomic E-state index is 13.6. The van der Waals surface area contributed by atoms with Gasteiger partial charge in [-0.05, 0) is 30.9 Å². The Kier molecular flexibility index (Phi) is 6.64. The van der Waals surface area contributed by atoms with Gasteiger partial charge < -0.3 is 10.1 Å². The number of hydrogen-bond acceptors (Lipinski definition) is 2. The maximum atomic E-state index is 13.6. The Bertz CT molecular complexity index is 426. The molecular weight excluding hydrogens is 269 g/mol. The van der Waals surface area contributed by atoms with Crippen LogP contribution < -0.4 is 10.1 Å². The quantitative estimate of drug-likeness (QED) is 0.618. The second kappa shape index (κ2) is 8.00. The van der Waals surface area contributed by atoms with Gasteiger partial charge in [0.05, 0.1) is 7.11 Å². The molecule has 19 heavy (non-hydrogen) atoms. The molecule has 1 rings (SSSR count). The van der Waals surface area contributed by atoms with Crippen molar-refractivity contribution in [2.24, 2.45) is 5.92 Å². The summed E-state index contributed by atoms with van der Waals surface area (Å²) in [6, 6.07) is 4.31. The van der Waals surface area contributed by atoms with Gasteiger partial charge in [0.15, 0.2) is 0 Å². The Morgan fingerprint density at radius 2 is 2.26 bits per heavy atom. The first kappa shape index (κ1) is 15.8.